The zero-order valence-electron chi connectivity index (χ0n) is 16.4. The van der Waals surface area contributed by atoms with E-state index in [4.69, 9.17) is 9.15 Å². The number of amides is 1. The Hall–Kier alpha value is -2.86. The van der Waals surface area contributed by atoms with Gasteiger partial charge in [0.25, 0.3) is 5.91 Å². The molecule has 3 rings (SSSR count). The van der Waals surface area contributed by atoms with Crippen LogP contribution >= 0.6 is 15.9 Å². The summed E-state index contributed by atoms with van der Waals surface area (Å²) < 4.78 is 12.2. The Morgan fingerprint density at radius 2 is 1.86 bits per heavy atom. The van der Waals surface area contributed by atoms with E-state index in [0.29, 0.717) is 17.4 Å². The number of nitrogens with zero attached hydrogens (tertiary/aromatic N) is 1. The topological polar surface area (TPSA) is 63.8 Å². The maximum atomic E-state index is 11.9. The molecule has 1 atom stereocenters. The minimum atomic E-state index is -0.341. The highest BCUT2D eigenvalue weighted by molar-refractivity contribution is 9.10. The third-order valence-electron chi connectivity index (χ3n) is 4.57. The highest BCUT2D eigenvalue weighted by atomic mass is 79.9. The number of ether oxygens (including phenoxy) is 1. The van der Waals surface area contributed by atoms with Gasteiger partial charge in [0, 0.05) is 10.0 Å². The zero-order chi connectivity index (χ0) is 20.6. The minimum Gasteiger partial charge on any atom is -0.484 e. The van der Waals surface area contributed by atoms with Gasteiger partial charge in [-0.3, -0.25) is 4.79 Å². The molecule has 2 aromatic carbocycles. The van der Waals surface area contributed by atoms with Crippen molar-refractivity contribution in [2.75, 3.05) is 6.61 Å². The highest BCUT2D eigenvalue weighted by Gasteiger charge is 2.06. The van der Waals surface area contributed by atoms with Gasteiger partial charge in [-0.05, 0) is 54.3 Å². The molecule has 0 bridgehead atoms. The Morgan fingerprint density at radius 3 is 2.55 bits per heavy atom. The maximum Gasteiger partial charge on any atom is 0.277 e. The van der Waals surface area contributed by atoms with E-state index in [2.05, 4.69) is 40.3 Å². The molecule has 5 nitrogen and oxygen atoms in total. The summed E-state index contributed by atoms with van der Waals surface area (Å²) in [7, 11) is 0. The third-order valence-corrected chi connectivity index (χ3v) is 5.10. The fraction of sp³-hybridized carbons (Fsp3) is 0.217. The van der Waals surface area contributed by atoms with Crippen molar-refractivity contribution >= 4 is 28.1 Å². The number of hydrazone groups is 1. The molecule has 3 aromatic rings. The largest absolute Gasteiger partial charge is 0.484 e. The number of carbonyl (C=O) groups is 1. The molecule has 0 aliphatic rings. The smallest absolute Gasteiger partial charge is 0.277 e. The van der Waals surface area contributed by atoms with Crippen molar-refractivity contribution in [2.45, 2.75) is 26.2 Å². The Labute approximate surface area is 178 Å². The van der Waals surface area contributed by atoms with Crippen molar-refractivity contribution in [1.82, 2.24) is 5.43 Å². The number of halogens is 1. The van der Waals surface area contributed by atoms with Gasteiger partial charge in [-0.1, -0.05) is 54.0 Å². The van der Waals surface area contributed by atoms with Gasteiger partial charge in [0.1, 0.15) is 17.3 Å². The quantitative estimate of drug-likeness (QED) is 0.348. The van der Waals surface area contributed by atoms with Crippen LogP contribution in [0.5, 0.6) is 5.75 Å². The van der Waals surface area contributed by atoms with Gasteiger partial charge < -0.3 is 9.15 Å². The standard InChI is InChI=1S/C23H23BrN2O3/c1-3-16(2)17-6-10-20(11-7-17)28-15-23(27)26-25-14-21-12-13-22(29-21)18-4-8-19(24)9-5-18/h4-14,16H,3,15H2,1-2H3,(H,26,27)/b25-14+. The van der Waals surface area contributed by atoms with Crippen LogP contribution in [0, 0.1) is 0 Å². The molecule has 0 saturated carbocycles. The van der Waals surface area contributed by atoms with Gasteiger partial charge in [0.05, 0.1) is 6.21 Å². The van der Waals surface area contributed by atoms with Crippen molar-refractivity contribution in [3.05, 3.63) is 76.5 Å². The lowest BCUT2D eigenvalue weighted by Crippen LogP contribution is -2.24. The first-order chi connectivity index (χ1) is 14.0. The van der Waals surface area contributed by atoms with Crippen molar-refractivity contribution in [1.29, 1.82) is 0 Å². The molecule has 1 N–H and O–H groups in total. The van der Waals surface area contributed by atoms with Crippen LogP contribution in [0.3, 0.4) is 0 Å². The van der Waals surface area contributed by atoms with E-state index in [9.17, 15) is 4.79 Å². The van der Waals surface area contributed by atoms with Gasteiger partial charge in [-0.15, -0.1) is 0 Å². The highest BCUT2D eigenvalue weighted by Crippen LogP contribution is 2.23. The van der Waals surface area contributed by atoms with E-state index in [0.717, 1.165) is 22.2 Å². The molecule has 0 radical (unpaired) electrons. The average Bonchev–Trinajstić information content (AvgIpc) is 3.21. The Kier molecular flexibility index (Phi) is 7.25. The lowest BCUT2D eigenvalue weighted by Gasteiger charge is -2.10. The van der Waals surface area contributed by atoms with Crippen LogP contribution in [-0.2, 0) is 4.79 Å². The molecule has 0 saturated heterocycles. The number of benzene rings is 2. The number of hydrogen-bond acceptors (Lipinski definition) is 4. The zero-order valence-corrected chi connectivity index (χ0v) is 18.0. The lowest BCUT2D eigenvalue weighted by molar-refractivity contribution is -0.123. The van der Waals surface area contributed by atoms with Crippen LogP contribution in [-0.4, -0.2) is 18.7 Å². The van der Waals surface area contributed by atoms with E-state index in [-0.39, 0.29) is 12.5 Å². The van der Waals surface area contributed by atoms with E-state index >= 15 is 0 Å². The van der Waals surface area contributed by atoms with Crippen LogP contribution in [0.2, 0.25) is 0 Å². The summed E-state index contributed by atoms with van der Waals surface area (Å²) >= 11 is 3.41. The molecular formula is C23H23BrN2O3. The predicted molar refractivity (Wildman–Crippen MR) is 118 cm³/mol. The van der Waals surface area contributed by atoms with Gasteiger partial charge in [-0.2, -0.15) is 5.10 Å². The molecule has 6 heteroatoms. The molecule has 0 aliphatic heterocycles. The van der Waals surface area contributed by atoms with Crippen molar-refractivity contribution in [2.24, 2.45) is 5.10 Å². The van der Waals surface area contributed by atoms with E-state index in [1.807, 2.05) is 54.6 Å². The molecule has 1 unspecified atom stereocenters. The van der Waals surface area contributed by atoms with Crippen molar-refractivity contribution < 1.29 is 13.9 Å². The molecule has 0 spiro atoms. The first kappa shape index (κ1) is 20.9. The number of carbonyl (C=O) groups excluding carboxylic acids is 1. The summed E-state index contributed by atoms with van der Waals surface area (Å²) in [5.74, 6) is 2.10. The summed E-state index contributed by atoms with van der Waals surface area (Å²) in [5.41, 5.74) is 4.66. The van der Waals surface area contributed by atoms with Crippen molar-refractivity contribution in [3.63, 3.8) is 0 Å². The summed E-state index contributed by atoms with van der Waals surface area (Å²) in [4.78, 5) is 11.9. The van der Waals surface area contributed by atoms with Crippen LogP contribution in [0.4, 0.5) is 0 Å². The Bertz CT molecular complexity index is 963. The predicted octanol–water partition coefficient (Wildman–Crippen LogP) is 5.75. The molecule has 1 heterocycles. The van der Waals surface area contributed by atoms with E-state index in [1.165, 1.54) is 11.8 Å². The molecule has 1 aromatic heterocycles. The average molecular weight is 455 g/mol. The molecule has 0 fully saturated rings. The molecular weight excluding hydrogens is 432 g/mol. The number of hydrogen-bond donors (Lipinski definition) is 1. The van der Waals surface area contributed by atoms with Gasteiger partial charge in [0.15, 0.2) is 6.61 Å². The van der Waals surface area contributed by atoms with Crippen LogP contribution in [0.25, 0.3) is 11.3 Å². The molecule has 0 aliphatic carbocycles. The summed E-state index contributed by atoms with van der Waals surface area (Å²) in [5, 5.41) is 3.92. The first-order valence-corrected chi connectivity index (χ1v) is 10.2. The Balaban J connectivity index is 1.47. The molecule has 150 valence electrons. The van der Waals surface area contributed by atoms with Crippen LogP contribution in [0.15, 0.2) is 74.7 Å². The Morgan fingerprint density at radius 1 is 1.14 bits per heavy atom. The van der Waals surface area contributed by atoms with Crippen LogP contribution in [0.1, 0.15) is 37.5 Å². The summed E-state index contributed by atoms with van der Waals surface area (Å²) in [6.07, 6.45) is 2.54. The van der Waals surface area contributed by atoms with Crippen LogP contribution < -0.4 is 10.2 Å². The second-order valence-electron chi connectivity index (χ2n) is 6.67. The molecule has 1 amide bonds. The SMILES string of the molecule is CCC(C)c1ccc(OCC(=O)N/N=C/c2ccc(-c3ccc(Br)cc3)o2)cc1. The third kappa shape index (κ3) is 6.06. The van der Waals surface area contributed by atoms with Gasteiger partial charge >= 0.3 is 0 Å². The summed E-state index contributed by atoms with van der Waals surface area (Å²) in [6.45, 7) is 4.23. The van der Waals surface area contributed by atoms with Crippen molar-refractivity contribution in [3.8, 4) is 17.1 Å². The first-order valence-electron chi connectivity index (χ1n) is 9.45. The fourth-order valence-electron chi connectivity index (χ4n) is 2.67. The number of nitrogens with one attached hydrogen (secondary N) is 1. The fourth-order valence-corrected chi connectivity index (χ4v) is 2.93. The second-order valence-corrected chi connectivity index (χ2v) is 7.58. The number of furan rings is 1. The monoisotopic (exact) mass is 454 g/mol. The van der Waals surface area contributed by atoms with E-state index in [1.54, 1.807) is 6.07 Å². The second kappa shape index (κ2) is 10.1. The number of rotatable bonds is 8. The van der Waals surface area contributed by atoms with Gasteiger partial charge in [0.2, 0.25) is 0 Å². The van der Waals surface area contributed by atoms with E-state index < -0.39 is 0 Å². The molecule has 29 heavy (non-hydrogen) atoms. The lowest BCUT2D eigenvalue weighted by atomic mass is 9.99. The normalized spacial score (nSPS) is 12.1. The maximum absolute atomic E-state index is 11.9. The van der Waals surface area contributed by atoms with Gasteiger partial charge in [-0.25, -0.2) is 5.43 Å². The minimum absolute atomic E-state index is 0.109. The summed E-state index contributed by atoms with van der Waals surface area (Å²) in [6, 6.07) is 19.3.